The predicted octanol–water partition coefficient (Wildman–Crippen LogP) is 6.38. The summed E-state index contributed by atoms with van der Waals surface area (Å²) in [4.78, 5) is 32.3. The summed E-state index contributed by atoms with van der Waals surface area (Å²) >= 11 is 1.02. The van der Waals surface area contributed by atoms with Crippen LogP contribution >= 0.6 is 11.8 Å². The number of carbonyl (C=O) groups excluding carboxylic acids is 2. The van der Waals surface area contributed by atoms with E-state index in [2.05, 4.69) is 10.3 Å². The zero-order valence-electron chi connectivity index (χ0n) is 21.9. The normalized spacial score (nSPS) is 17.6. The fraction of sp³-hybridized carbons (Fsp3) is 0.276. The highest BCUT2D eigenvalue weighted by molar-refractivity contribution is 8.15. The van der Waals surface area contributed by atoms with E-state index < -0.39 is 28.8 Å². The Morgan fingerprint density at radius 1 is 1.10 bits per heavy atom. The number of benzene rings is 3. The second-order valence-corrected chi connectivity index (χ2v) is 10.5. The molecule has 0 radical (unpaired) electrons. The van der Waals surface area contributed by atoms with Gasteiger partial charge in [-0.1, -0.05) is 30.8 Å². The van der Waals surface area contributed by atoms with Crippen LogP contribution in [0.15, 0.2) is 71.7 Å². The van der Waals surface area contributed by atoms with Gasteiger partial charge >= 0.3 is 6.18 Å². The molecule has 1 N–H and O–H groups in total. The monoisotopic (exact) mass is 585 g/mol. The number of ether oxygens (including phenoxy) is 3. The molecule has 0 aliphatic carbocycles. The molecule has 2 amide bonds. The van der Waals surface area contributed by atoms with Crippen LogP contribution in [0.25, 0.3) is 0 Å². The maximum Gasteiger partial charge on any atom is 0.416 e. The smallest absolute Gasteiger partial charge is 0.416 e. The van der Waals surface area contributed by atoms with E-state index in [1.54, 1.807) is 42.5 Å². The van der Waals surface area contributed by atoms with Gasteiger partial charge in [0.1, 0.15) is 11.0 Å². The first-order valence-corrected chi connectivity index (χ1v) is 13.7. The van der Waals surface area contributed by atoms with Gasteiger partial charge in [0.05, 0.1) is 24.4 Å². The molecule has 1 fully saturated rings. The zero-order valence-corrected chi connectivity index (χ0v) is 22.8. The lowest BCUT2D eigenvalue weighted by Crippen LogP contribution is -2.44. The summed E-state index contributed by atoms with van der Waals surface area (Å²) in [5, 5.41) is 2.06. The molecule has 1 atom stereocenters. The molecule has 3 aromatic carbocycles. The van der Waals surface area contributed by atoms with Crippen LogP contribution in [0, 0.1) is 0 Å². The Hall–Kier alpha value is -4.19. The van der Waals surface area contributed by atoms with E-state index in [1.807, 2.05) is 6.92 Å². The van der Waals surface area contributed by atoms with Crippen molar-refractivity contribution in [2.75, 3.05) is 18.7 Å². The zero-order chi connectivity index (χ0) is 29.0. The minimum atomic E-state index is -4.56. The van der Waals surface area contributed by atoms with E-state index in [1.165, 1.54) is 17.0 Å². The van der Waals surface area contributed by atoms with Crippen LogP contribution in [0.2, 0.25) is 0 Å². The third-order valence-electron chi connectivity index (χ3n) is 6.20. The van der Waals surface area contributed by atoms with E-state index in [4.69, 9.17) is 14.2 Å². The minimum absolute atomic E-state index is 0.00883. The van der Waals surface area contributed by atoms with Gasteiger partial charge in [-0.25, -0.2) is 4.99 Å². The molecule has 0 aromatic heterocycles. The standard InChI is InChI=1S/C29H26F3N3O5S/c1-2-12-38-22-9-7-20(8-10-22)33-27(37)25-15-26(36)35(16-18-6-11-23-24(13-18)40-17-39-23)28(41-25)34-21-5-3-4-19(14-21)29(30,31)32/h3-11,13-14,25H,2,12,15-17H2,1H3,(H,33,37). The summed E-state index contributed by atoms with van der Waals surface area (Å²) in [6.45, 7) is 2.74. The third-order valence-corrected chi connectivity index (χ3v) is 7.39. The van der Waals surface area contributed by atoms with E-state index in [-0.39, 0.29) is 30.6 Å². The van der Waals surface area contributed by atoms with E-state index >= 15 is 0 Å². The molecule has 5 rings (SSSR count). The van der Waals surface area contributed by atoms with Crippen molar-refractivity contribution in [2.24, 2.45) is 4.99 Å². The highest BCUT2D eigenvalue weighted by Crippen LogP contribution is 2.36. The quantitative estimate of drug-likeness (QED) is 0.330. The molecule has 12 heteroatoms. The van der Waals surface area contributed by atoms with Gasteiger partial charge in [0, 0.05) is 12.1 Å². The topological polar surface area (TPSA) is 89.5 Å². The first-order valence-electron chi connectivity index (χ1n) is 12.8. The predicted molar refractivity (Wildman–Crippen MR) is 149 cm³/mol. The van der Waals surface area contributed by atoms with Gasteiger partial charge in [-0.15, -0.1) is 0 Å². The number of hydrogen-bond acceptors (Lipinski definition) is 7. The van der Waals surface area contributed by atoms with E-state index in [9.17, 15) is 22.8 Å². The number of nitrogens with zero attached hydrogens (tertiary/aromatic N) is 2. The highest BCUT2D eigenvalue weighted by atomic mass is 32.2. The maximum absolute atomic E-state index is 13.4. The van der Waals surface area contributed by atoms with Crippen LogP contribution in [0.5, 0.6) is 17.2 Å². The molecule has 0 bridgehead atoms. The van der Waals surface area contributed by atoms with Gasteiger partial charge in [-0.2, -0.15) is 13.2 Å². The molecule has 214 valence electrons. The van der Waals surface area contributed by atoms with Crippen molar-refractivity contribution in [1.29, 1.82) is 0 Å². The molecular formula is C29H26F3N3O5S. The van der Waals surface area contributed by atoms with Gasteiger partial charge in [-0.3, -0.25) is 14.5 Å². The largest absolute Gasteiger partial charge is 0.494 e. The Kier molecular flexibility index (Phi) is 8.39. The molecule has 2 aliphatic rings. The lowest BCUT2D eigenvalue weighted by molar-refractivity contribution is -0.137. The Bertz CT molecular complexity index is 1460. The Labute approximate surface area is 238 Å². The fourth-order valence-electron chi connectivity index (χ4n) is 4.16. The van der Waals surface area contributed by atoms with Gasteiger partial charge in [0.15, 0.2) is 16.7 Å². The number of amides is 2. The molecular weight excluding hydrogens is 559 g/mol. The number of fused-ring (bicyclic) bond motifs is 1. The van der Waals surface area contributed by atoms with Crippen LogP contribution in [-0.4, -0.2) is 40.5 Å². The third kappa shape index (κ3) is 6.94. The second-order valence-electron chi connectivity index (χ2n) is 9.28. The van der Waals surface area contributed by atoms with Crippen molar-refractivity contribution < 1.29 is 37.0 Å². The molecule has 41 heavy (non-hydrogen) atoms. The SMILES string of the molecule is CCCOc1ccc(NC(=O)C2CC(=O)N(Cc3ccc4c(c3)OCO4)C(=Nc3cccc(C(F)(F)F)c3)S2)cc1. The fourth-order valence-corrected chi connectivity index (χ4v) is 5.26. The molecule has 0 saturated carbocycles. The molecule has 8 nitrogen and oxygen atoms in total. The van der Waals surface area contributed by atoms with Crippen molar-refractivity contribution in [3.8, 4) is 17.2 Å². The summed E-state index contributed by atoms with van der Waals surface area (Å²) < 4.78 is 56.4. The van der Waals surface area contributed by atoms with Crippen LogP contribution in [0.1, 0.15) is 30.9 Å². The summed E-state index contributed by atoms with van der Waals surface area (Å²) in [6.07, 6.45) is -3.82. The van der Waals surface area contributed by atoms with Crippen LogP contribution in [0.4, 0.5) is 24.5 Å². The van der Waals surface area contributed by atoms with Gasteiger partial charge in [0.2, 0.25) is 18.6 Å². The van der Waals surface area contributed by atoms with Crippen molar-refractivity contribution in [1.82, 2.24) is 4.90 Å². The van der Waals surface area contributed by atoms with Gasteiger partial charge in [-0.05, 0) is 66.6 Å². The maximum atomic E-state index is 13.4. The van der Waals surface area contributed by atoms with Crippen molar-refractivity contribution in [2.45, 2.75) is 37.7 Å². The first-order chi connectivity index (χ1) is 19.7. The Morgan fingerprint density at radius 2 is 1.88 bits per heavy atom. The Balaban J connectivity index is 1.39. The average molecular weight is 586 g/mol. The highest BCUT2D eigenvalue weighted by Gasteiger charge is 2.37. The number of amidine groups is 1. The molecule has 3 aromatic rings. The molecule has 2 aliphatic heterocycles. The average Bonchev–Trinajstić information content (AvgIpc) is 3.42. The summed E-state index contributed by atoms with van der Waals surface area (Å²) in [7, 11) is 0. The lowest BCUT2D eigenvalue weighted by atomic mass is 10.1. The minimum Gasteiger partial charge on any atom is -0.494 e. The van der Waals surface area contributed by atoms with Crippen molar-refractivity contribution in [3.63, 3.8) is 0 Å². The number of anilines is 1. The first kappa shape index (κ1) is 28.3. The number of rotatable bonds is 8. The van der Waals surface area contributed by atoms with Gasteiger partial charge < -0.3 is 19.5 Å². The summed E-state index contributed by atoms with van der Waals surface area (Å²) in [5.41, 5.74) is 0.364. The number of aliphatic imine (C=N–C) groups is 1. The van der Waals surface area contributed by atoms with E-state index in [0.717, 1.165) is 30.3 Å². The Morgan fingerprint density at radius 3 is 2.63 bits per heavy atom. The number of halogens is 3. The molecule has 1 saturated heterocycles. The van der Waals surface area contributed by atoms with Crippen molar-refractivity contribution in [3.05, 3.63) is 77.9 Å². The lowest BCUT2D eigenvalue weighted by Gasteiger charge is -2.32. The number of thioether (sulfide) groups is 1. The molecule has 1 unspecified atom stereocenters. The van der Waals surface area contributed by atoms with Crippen LogP contribution in [0.3, 0.4) is 0 Å². The number of alkyl halides is 3. The van der Waals surface area contributed by atoms with Crippen LogP contribution < -0.4 is 19.5 Å². The number of nitrogens with one attached hydrogen (secondary N) is 1. The van der Waals surface area contributed by atoms with E-state index in [0.29, 0.717) is 35.1 Å². The number of carbonyl (C=O) groups is 2. The van der Waals surface area contributed by atoms with Crippen molar-refractivity contribution >= 4 is 40.1 Å². The second kappa shape index (κ2) is 12.1. The van der Waals surface area contributed by atoms with Gasteiger partial charge in [0.25, 0.3) is 0 Å². The molecule has 2 heterocycles. The molecule has 0 spiro atoms. The number of hydrogen-bond donors (Lipinski definition) is 1. The summed E-state index contributed by atoms with van der Waals surface area (Å²) in [5.74, 6) is 0.953. The van der Waals surface area contributed by atoms with Crippen LogP contribution in [-0.2, 0) is 22.3 Å². The summed E-state index contributed by atoms with van der Waals surface area (Å²) in [6, 6.07) is 16.6.